The van der Waals surface area contributed by atoms with Crippen LogP contribution in [0.3, 0.4) is 0 Å². The van der Waals surface area contributed by atoms with Gasteiger partial charge in [0.05, 0.1) is 11.0 Å². The molecule has 80 valence electrons. The molecule has 0 spiro atoms. The molecule has 4 heteroatoms. The molecule has 15 heavy (non-hydrogen) atoms. The Bertz CT molecular complexity index is 512. The van der Waals surface area contributed by atoms with Gasteiger partial charge in [-0.3, -0.25) is 0 Å². The number of nitrogens with one attached hydrogen (secondary N) is 2. The van der Waals surface area contributed by atoms with Crippen LogP contribution in [-0.4, -0.2) is 28.5 Å². The lowest BCUT2D eigenvalue weighted by molar-refractivity contribution is 0.346. The van der Waals surface area contributed by atoms with E-state index in [1.165, 1.54) is 5.56 Å². The van der Waals surface area contributed by atoms with Crippen molar-refractivity contribution in [3.05, 3.63) is 34.2 Å². The van der Waals surface area contributed by atoms with E-state index in [2.05, 4.69) is 28.8 Å². The van der Waals surface area contributed by atoms with Crippen LogP contribution in [0.1, 0.15) is 12.5 Å². The quantitative estimate of drug-likeness (QED) is 0.793. The Balaban J connectivity index is 2.34. The van der Waals surface area contributed by atoms with Crippen molar-refractivity contribution in [2.24, 2.45) is 0 Å². The molecule has 0 saturated carbocycles. The fourth-order valence-electron chi connectivity index (χ4n) is 1.60. The van der Waals surface area contributed by atoms with Crippen molar-refractivity contribution < 1.29 is 0 Å². The smallest absolute Gasteiger partial charge is 0.306 e. The third-order valence-electron chi connectivity index (χ3n) is 2.57. The predicted molar refractivity (Wildman–Crippen MR) is 60.9 cm³/mol. The number of fused-ring (bicyclic) bond motifs is 1. The largest absolute Gasteiger partial charge is 0.323 e. The van der Waals surface area contributed by atoms with Crippen molar-refractivity contribution in [2.45, 2.75) is 13.5 Å². The van der Waals surface area contributed by atoms with Crippen molar-refractivity contribution in [1.82, 2.24) is 14.9 Å². The van der Waals surface area contributed by atoms with E-state index in [1.54, 1.807) is 0 Å². The number of benzene rings is 1. The van der Waals surface area contributed by atoms with Crippen molar-refractivity contribution in [3.63, 3.8) is 0 Å². The van der Waals surface area contributed by atoms with Gasteiger partial charge in [0.15, 0.2) is 0 Å². The van der Waals surface area contributed by atoms with Crippen LogP contribution < -0.4 is 5.69 Å². The standard InChI is InChI=1S/C11H15N3O/c1-3-14(2)7-8-4-5-9-10(6-8)13-11(15)12-9/h4-6H,3,7H2,1-2H3,(H2,12,13,15). The molecule has 1 aromatic heterocycles. The minimum Gasteiger partial charge on any atom is -0.306 e. The van der Waals surface area contributed by atoms with Gasteiger partial charge in [-0.1, -0.05) is 13.0 Å². The molecule has 1 heterocycles. The molecule has 2 aromatic rings. The summed E-state index contributed by atoms with van der Waals surface area (Å²) in [7, 11) is 2.07. The van der Waals surface area contributed by atoms with Gasteiger partial charge in [-0.25, -0.2) is 4.79 Å². The van der Waals surface area contributed by atoms with E-state index in [0.29, 0.717) is 0 Å². The highest BCUT2D eigenvalue weighted by Crippen LogP contribution is 2.11. The maximum atomic E-state index is 11.1. The van der Waals surface area contributed by atoms with Crippen LogP contribution in [0, 0.1) is 0 Å². The maximum Gasteiger partial charge on any atom is 0.323 e. The predicted octanol–water partition coefficient (Wildman–Crippen LogP) is 1.31. The van der Waals surface area contributed by atoms with Gasteiger partial charge in [0, 0.05) is 6.54 Å². The minimum absolute atomic E-state index is 0.147. The van der Waals surface area contributed by atoms with Gasteiger partial charge < -0.3 is 14.9 Å². The van der Waals surface area contributed by atoms with E-state index in [4.69, 9.17) is 0 Å². The van der Waals surface area contributed by atoms with Crippen molar-refractivity contribution >= 4 is 11.0 Å². The molecule has 0 radical (unpaired) electrons. The van der Waals surface area contributed by atoms with Gasteiger partial charge in [0.2, 0.25) is 0 Å². The van der Waals surface area contributed by atoms with Crippen molar-refractivity contribution in [3.8, 4) is 0 Å². The highest BCUT2D eigenvalue weighted by atomic mass is 16.1. The molecule has 0 atom stereocenters. The molecule has 2 rings (SSSR count). The molecule has 0 saturated heterocycles. The zero-order valence-corrected chi connectivity index (χ0v) is 9.00. The second kappa shape index (κ2) is 3.90. The van der Waals surface area contributed by atoms with Crippen LogP contribution in [0.25, 0.3) is 11.0 Å². The van der Waals surface area contributed by atoms with Crippen LogP contribution in [0.2, 0.25) is 0 Å². The molecule has 0 aliphatic rings. The summed E-state index contributed by atoms with van der Waals surface area (Å²) in [5.74, 6) is 0. The fourth-order valence-corrected chi connectivity index (χ4v) is 1.60. The number of aromatic nitrogens is 2. The topological polar surface area (TPSA) is 51.9 Å². The Morgan fingerprint density at radius 3 is 2.73 bits per heavy atom. The Morgan fingerprint density at radius 1 is 1.27 bits per heavy atom. The van der Waals surface area contributed by atoms with Crippen LogP contribution in [-0.2, 0) is 6.54 Å². The van der Waals surface area contributed by atoms with Gasteiger partial charge in [0.25, 0.3) is 0 Å². The summed E-state index contributed by atoms with van der Waals surface area (Å²) < 4.78 is 0. The molecule has 1 aromatic carbocycles. The average Bonchev–Trinajstić information content (AvgIpc) is 2.57. The number of nitrogens with zero attached hydrogens (tertiary/aromatic N) is 1. The SMILES string of the molecule is CCN(C)Cc1ccc2[nH]c(=O)[nH]c2c1. The van der Waals surface area contributed by atoms with Gasteiger partial charge in [-0.15, -0.1) is 0 Å². The Labute approximate surface area is 87.9 Å². The first kappa shape index (κ1) is 9.98. The van der Waals surface area contributed by atoms with Gasteiger partial charge in [0.1, 0.15) is 0 Å². The van der Waals surface area contributed by atoms with Crippen LogP contribution >= 0.6 is 0 Å². The number of imidazole rings is 1. The summed E-state index contributed by atoms with van der Waals surface area (Å²) in [5, 5.41) is 0. The lowest BCUT2D eigenvalue weighted by Gasteiger charge is -2.13. The molecule has 0 bridgehead atoms. The Kier molecular flexibility index (Phi) is 2.60. The van der Waals surface area contributed by atoms with Crippen molar-refractivity contribution in [1.29, 1.82) is 0 Å². The van der Waals surface area contributed by atoms with Gasteiger partial charge in [-0.05, 0) is 31.3 Å². The van der Waals surface area contributed by atoms with E-state index < -0.39 is 0 Å². The van der Waals surface area contributed by atoms with E-state index in [-0.39, 0.29) is 5.69 Å². The number of hydrogen-bond acceptors (Lipinski definition) is 2. The molecule has 0 aliphatic heterocycles. The summed E-state index contributed by atoms with van der Waals surface area (Å²) in [6, 6.07) is 5.99. The summed E-state index contributed by atoms with van der Waals surface area (Å²) in [6.07, 6.45) is 0. The lowest BCUT2D eigenvalue weighted by Crippen LogP contribution is -2.16. The van der Waals surface area contributed by atoms with Crippen LogP contribution in [0.5, 0.6) is 0 Å². The molecule has 4 nitrogen and oxygen atoms in total. The number of hydrogen-bond donors (Lipinski definition) is 2. The normalized spacial score (nSPS) is 11.4. The van der Waals surface area contributed by atoms with Crippen molar-refractivity contribution in [2.75, 3.05) is 13.6 Å². The molecular weight excluding hydrogens is 190 g/mol. The second-order valence-corrected chi connectivity index (χ2v) is 3.79. The molecule has 0 amide bonds. The molecule has 2 N–H and O–H groups in total. The molecular formula is C11H15N3O. The van der Waals surface area contributed by atoms with Crippen LogP contribution in [0.4, 0.5) is 0 Å². The van der Waals surface area contributed by atoms with Crippen LogP contribution in [0.15, 0.2) is 23.0 Å². The zero-order valence-electron chi connectivity index (χ0n) is 9.00. The maximum absolute atomic E-state index is 11.1. The number of rotatable bonds is 3. The third-order valence-corrected chi connectivity index (χ3v) is 2.57. The number of H-pyrrole nitrogens is 2. The third kappa shape index (κ3) is 2.10. The summed E-state index contributed by atoms with van der Waals surface area (Å²) in [5.41, 5.74) is 2.80. The molecule has 0 aliphatic carbocycles. The molecule has 0 fully saturated rings. The summed E-state index contributed by atoms with van der Waals surface area (Å²) >= 11 is 0. The van der Waals surface area contributed by atoms with E-state index in [9.17, 15) is 4.79 Å². The van der Waals surface area contributed by atoms with E-state index in [1.807, 2.05) is 18.2 Å². The van der Waals surface area contributed by atoms with E-state index in [0.717, 1.165) is 24.1 Å². The molecule has 0 unspecified atom stereocenters. The first-order valence-corrected chi connectivity index (χ1v) is 5.08. The highest BCUT2D eigenvalue weighted by Gasteiger charge is 2.01. The fraction of sp³-hybridized carbons (Fsp3) is 0.364. The Hall–Kier alpha value is -1.55. The first-order chi connectivity index (χ1) is 7.19. The monoisotopic (exact) mass is 205 g/mol. The average molecular weight is 205 g/mol. The lowest BCUT2D eigenvalue weighted by atomic mass is 10.2. The second-order valence-electron chi connectivity index (χ2n) is 3.79. The van der Waals surface area contributed by atoms with Gasteiger partial charge >= 0.3 is 5.69 Å². The highest BCUT2D eigenvalue weighted by molar-refractivity contribution is 5.74. The zero-order chi connectivity index (χ0) is 10.8. The minimum atomic E-state index is -0.147. The first-order valence-electron chi connectivity index (χ1n) is 5.08. The van der Waals surface area contributed by atoms with Gasteiger partial charge in [-0.2, -0.15) is 0 Å². The Morgan fingerprint density at radius 2 is 2.00 bits per heavy atom. The van der Waals surface area contributed by atoms with E-state index >= 15 is 0 Å². The number of aromatic amines is 2. The summed E-state index contributed by atoms with van der Waals surface area (Å²) in [4.78, 5) is 18.8. The summed E-state index contributed by atoms with van der Waals surface area (Å²) in [6.45, 7) is 4.04.